The second-order valence-electron chi connectivity index (χ2n) is 5.09. The summed E-state index contributed by atoms with van der Waals surface area (Å²) >= 11 is 4.12. The van der Waals surface area contributed by atoms with Crippen molar-refractivity contribution in [2.45, 2.75) is 56.8 Å². The molecule has 124 valence electrons. The number of ether oxygens (including phenoxy) is 2. The van der Waals surface area contributed by atoms with Crippen molar-refractivity contribution >= 4 is 18.5 Å². The lowest BCUT2D eigenvalue weighted by Gasteiger charge is -2.42. The van der Waals surface area contributed by atoms with Gasteiger partial charge in [-0.05, 0) is 18.6 Å². The number of aliphatic hydroxyl groups is 3. The Morgan fingerprint density at radius 3 is 2.57 bits per heavy atom. The second kappa shape index (κ2) is 9.60. The first kappa shape index (κ1) is 18.7. The Hall–Kier alpha value is -0.380. The van der Waals surface area contributed by atoms with E-state index in [-0.39, 0.29) is 5.91 Å². The molecule has 1 amide bonds. The van der Waals surface area contributed by atoms with E-state index in [0.717, 1.165) is 25.0 Å². The van der Waals surface area contributed by atoms with Crippen LogP contribution in [0.25, 0.3) is 0 Å². The monoisotopic (exact) mass is 323 g/mol. The highest BCUT2D eigenvalue weighted by Gasteiger charge is 2.45. The number of hydrogen-bond acceptors (Lipinski definition) is 7. The molecular formula is C13H25NO6S. The summed E-state index contributed by atoms with van der Waals surface area (Å²) in [6.45, 7) is 1.26. The van der Waals surface area contributed by atoms with E-state index in [2.05, 4.69) is 17.9 Å². The van der Waals surface area contributed by atoms with Gasteiger partial charge in [0.15, 0.2) is 6.29 Å². The van der Waals surface area contributed by atoms with Gasteiger partial charge in [-0.15, -0.1) is 0 Å². The Balaban J connectivity index is 2.58. The van der Waals surface area contributed by atoms with Gasteiger partial charge < -0.3 is 30.1 Å². The number of rotatable bonds is 8. The third-order valence-corrected chi connectivity index (χ3v) is 3.65. The predicted molar refractivity (Wildman–Crippen MR) is 79.0 cm³/mol. The Labute approximate surface area is 130 Å². The molecule has 0 aliphatic carbocycles. The number of carbonyl (C=O) groups is 1. The van der Waals surface area contributed by atoms with Gasteiger partial charge in [-0.2, -0.15) is 12.6 Å². The SMILES string of the molecule is CC(=O)N[C@@H]1[C@@H](OCCCCCS)O[C@H](CO)[C@H](O)[C@@H]1O. The fourth-order valence-corrected chi connectivity index (χ4v) is 2.43. The zero-order valence-electron chi connectivity index (χ0n) is 12.1. The lowest BCUT2D eigenvalue weighted by molar-refractivity contribution is -0.270. The molecule has 0 unspecified atom stereocenters. The van der Waals surface area contributed by atoms with Crippen molar-refractivity contribution in [2.75, 3.05) is 19.0 Å². The van der Waals surface area contributed by atoms with Gasteiger partial charge in [-0.1, -0.05) is 6.42 Å². The van der Waals surface area contributed by atoms with Gasteiger partial charge in [0.05, 0.1) is 6.61 Å². The second-order valence-corrected chi connectivity index (χ2v) is 5.54. The van der Waals surface area contributed by atoms with Crippen LogP contribution in [0, 0.1) is 0 Å². The number of amides is 1. The van der Waals surface area contributed by atoms with E-state index in [9.17, 15) is 15.0 Å². The standard InChI is InChI=1S/C13H25NO6S/c1-8(16)14-10-12(18)11(17)9(7-15)20-13(10)19-5-3-2-4-6-21/h9-13,15,17-18,21H,2-7H2,1H3,(H,14,16)/t9-,10+,11+,12-,13+/m1/s1. The van der Waals surface area contributed by atoms with Crippen molar-refractivity contribution in [1.29, 1.82) is 0 Å². The van der Waals surface area contributed by atoms with Crippen molar-refractivity contribution in [3.05, 3.63) is 0 Å². The first-order valence-electron chi connectivity index (χ1n) is 7.13. The van der Waals surface area contributed by atoms with Crippen LogP contribution in [0.3, 0.4) is 0 Å². The van der Waals surface area contributed by atoms with Gasteiger partial charge in [0.25, 0.3) is 0 Å². The zero-order chi connectivity index (χ0) is 15.8. The molecule has 5 atom stereocenters. The number of unbranched alkanes of at least 4 members (excludes halogenated alkanes) is 2. The minimum atomic E-state index is -1.28. The van der Waals surface area contributed by atoms with Crippen LogP contribution in [0.4, 0.5) is 0 Å². The average Bonchev–Trinajstić information content (AvgIpc) is 2.45. The lowest BCUT2D eigenvalue weighted by atomic mass is 9.97. The summed E-state index contributed by atoms with van der Waals surface area (Å²) in [7, 11) is 0. The minimum absolute atomic E-state index is 0.360. The maximum Gasteiger partial charge on any atom is 0.217 e. The fourth-order valence-electron chi connectivity index (χ4n) is 2.20. The van der Waals surface area contributed by atoms with E-state index < -0.39 is 37.3 Å². The van der Waals surface area contributed by atoms with E-state index in [1.807, 2.05) is 0 Å². The molecule has 1 aliphatic rings. The first-order chi connectivity index (χ1) is 10.0. The van der Waals surface area contributed by atoms with Crippen LogP contribution in [0.1, 0.15) is 26.2 Å². The molecule has 7 nitrogen and oxygen atoms in total. The van der Waals surface area contributed by atoms with Gasteiger partial charge >= 0.3 is 0 Å². The molecule has 0 aromatic heterocycles. The molecule has 0 spiro atoms. The average molecular weight is 323 g/mol. The topological polar surface area (TPSA) is 108 Å². The third-order valence-electron chi connectivity index (χ3n) is 3.34. The number of hydrogen-bond donors (Lipinski definition) is 5. The number of carbonyl (C=O) groups excluding carboxylic acids is 1. The van der Waals surface area contributed by atoms with E-state index in [0.29, 0.717) is 6.61 Å². The van der Waals surface area contributed by atoms with Gasteiger partial charge in [-0.25, -0.2) is 0 Å². The molecule has 1 fully saturated rings. The Bertz CT molecular complexity index is 319. The van der Waals surface area contributed by atoms with E-state index in [1.165, 1.54) is 6.92 Å². The largest absolute Gasteiger partial charge is 0.394 e. The van der Waals surface area contributed by atoms with Crippen molar-refractivity contribution in [3.63, 3.8) is 0 Å². The van der Waals surface area contributed by atoms with Gasteiger partial charge in [0.1, 0.15) is 24.4 Å². The molecule has 0 aromatic rings. The van der Waals surface area contributed by atoms with Crippen LogP contribution in [0.15, 0.2) is 0 Å². The third kappa shape index (κ3) is 5.72. The summed E-state index contributed by atoms with van der Waals surface area (Å²) in [6, 6.07) is -0.870. The highest BCUT2D eigenvalue weighted by atomic mass is 32.1. The van der Waals surface area contributed by atoms with Crippen LogP contribution < -0.4 is 5.32 Å². The quantitative estimate of drug-likeness (QED) is 0.291. The Kier molecular flexibility index (Phi) is 8.53. The van der Waals surface area contributed by atoms with Crippen LogP contribution in [-0.2, 0) is 14.3 Å². The summed E-state index contributed by atoms with van der Waals surface area (Å²) in [4.78, 5) is 11.2. The zero-order valence-corrected chi connectivity index (χ0v) is 13.0. The van der Waals surface area contributed by atoms with Crippen LogP contribution in [0.5, 0.6) is 0 Å². The summed E-state index contributed by atoms with van der Waals surface area (Å²) in [5, 5.41) is 31.6. The molecule has 1 aliphatic heterocycles. The predicted octanol–water partition coefficient (Wildman–Crippen LogP) is -0.953. The molecule has 21 heavy (non-hydrogen) atoms. The molecule has 1 saturated heterocycles. The summed E-state index contributed by atoms with van der Waals surface area (Å²) in [6.07, 6.45) is -1.65. The minimum Gasteiger partial charge on any atom is -0.394 e. The number of thiol groups is 1. The van der Waals surface area contributed by atoms with Crippen molar-refractivity contribution in [3.8, 4) is 0 Å². The highest BCUT2D eigenvalue weighted by Crippen LogP contribution is 2.22. The molecular weight excluding hydrogens is 298 g/mol. The maximum atomic E-state index is 11.2. The first-order valence-corrected chi connectivity index (χ1v) is 7.76. The van der Waals surface area contributed by atoms with Crippen LogP contribution in [0.2, 0.25) is 0 Å². The van der Waals surface area contributed by atoms with Crippen LogP contribution >= 0.6 is 12.6 Å². The molecule has 1 heterocycles. The van der Waals surface area contributed by atoms with E-state index >= 15 is 0 Å². The molecule has 0 bridgehead atoms. The summed E-state index contributed by atoms with van der Waals surface area (Å²) in [5.41, 5.74) is 0. The Morgan fingerprint density at radius 1 is 1.29 bits per heavy atom. The van der Waals surface area contributed by atoms with E-state index in [1.54, 1.807) is 0 Å². The molecule has 8 heteroatoms. The molecule has 0 radical (unpaired) electrons. The fraction of sp³-hybridized carbons (Fsp3) is 0.923. The molecule has 0 aromatic carbocycles. The highest BCUT2D eigenvalue weighted by molar-refractivity contribution is 7.80. The van der Waals surface area contributed by atoms with Crippen molar-refractivity contribution < 1.29 is 29.6 Å². The van der Waals surface area contributed by atoms with Crippen LogP contribution in [-0.4, -0.2) is 70.8 Å². The van der Waals surface area contributed by atoms with Gasteiger partial charge in [0, 0.05) is 13.5 Å². The smallest absolute Gasteiger partial charge is 0.217 e. The Morgan fingerprint density at radius 2 is 2.00 bits per heavy atom. The molecule has 0 saturated carbocycles. The molecule has 4 N–H and O–H groups in total. The van der Waals surface area contributed by atoms with Crippen molar-refractivity contribution in [2.24, 2.45) is 0 Å². The molecule has 1 rings (SSSR count). The van der Waals surface area contributed by atoms with Crippen molar-refractivity contribution in [1.82, 2.24) is 5.32 Å². The lowest BCUT2D eigenvalue weighted by Crippen LogP contribution is -2.64. The normalized spacial score (nSPS) is 32.9. The summed E-state index contributed by atoms with van der Waals surface area (Å²) in [5.74, 6) is 0.451. The number of nitrogens with one attached hydrogen (secondary N) is 1. The van der Waals surface area contributed by atoms with Gasteiger partial charge in [0.2, 0.25) is 5.91 Å². The van der Waals surface area contributed by atoms with Gasteiger partial charge in [-0.3, -0.25) is 4.79 Å². The maximum absolute atomic E-state index is 11.2. The summed E-state index contributed by atoms with van der Waals surface area (Å²) < 4.78 is 11.0. The van der Waals surface area contributed by atoms with E-state index in [4.69, 9.17) is 14.6 Å². The number of aliphatic hydroxyl groups excluding tert-OH is 3.